The molecular formula is C27H27N5O2. The van der Waals surface area contributed by atoms with E-state index < -0.39 is 6.04 Å². The minimum Gasteiger partial charge on any atom is -0.326 e. The Bertz CT molecular complexity index is 1210. The Labute approximate surface area is 198 Å². The monoisotopic (exact) mass is 453 g/mol. The number of carbonyl (C=O) groups excluding carboxylic acids is 2. The van der Waals surface area contributed by atoms with Crippen molar-refractivity contribution in [3.63, 3.8) is 0 Å². The van der Waals surface area contributed by atoms with Crippen molar-refractivity contribution in [2.75, 3.05) is 13.1 Å². The van der Waals surface area contributed by atoms with E-state index in [9.17, 15) is 14.9 Å². The fraction of sp³-hybridized carbons (Fsp3) is 0.444. The first-order valence-electron chi connectivity index (χ1n) is 12.3. The summed E-state index contributed by atoms with van der Waals surface area (Å²) in [6.07, 6.45) is 2.53. The van der Waals surface area contributed by atoms with Gasteiger partial charge < -0.3 is 15.5 Å². The molecule has 7 rings (SSSR count). The van der Waals surface area contributed by atoms with Gasteiger partial charge >= 0.3 is 0 Å². The number of nitrogens with two attached hydrogens (primary N) is 1. The largest absolute Gasteiger partial charge is 0.326 e. The van der Waals surface area contributed by atoms with Crippen molar-refractivity contribution < 1.29 is 9.59 Å². The molecule has 0 spiro atoms. The van der Waals surface area contributed by atoms with Gasteiger partial charge in [-0.1, -0.05) is 48.5 Å². The normalized spacial score (nSPS) is 31.9. The maximum absolute atomic E-state index is 13.7. The molecule has 2 aromatic carbocycles. The maximum Gasteiger partial charge on any atom is 0.242 e. The molecule has 172 valence electrons. The van der Waals surface area contributed by atoms with Gasteiger partial charge in [-0.15, -0.1) is 0 Å². The number of hydrogen-bond acceptors (Lipinski definition) is 5. The van der Waals surface area contributed by atoms with Crippen LogP contribution in [-0.2, 0) is 9.59 Å². The van der Waals surface area contributed by atoms with Crippen LogP contribution in [0.3, 0.4) is 0 Å². The van der Waals surface area contributed by atoms with Crippen LogP contribution in [0, 0.1) is 17.2 Å². The molecule has 6 atom stereocenters. The summed E-state index contributed by atoms with van der Waals surface area (Å²) in [5.74, 6) is 0.462. The smallest absolute Gasteiger partial charge is 0.242 e. The minimum atomic E-state index is -0.705. The zero-order chi connectivity index (χ0) is 23.1. The second-order valence-corrected chi connectivity index (χ2v) is 10.5. The molecule has 0 radical (unpaired) electrons. The molecule has 1 saturated carbocycles. The molecular weight excluding hydrogens is 426 g/mol. The minimum absolute atomic E-state index is 0.0554. The Morgan fingerprint density at radius 3 is 2.38 bits per heavy atom. The molecule has 5 aliphatic rings. The number of rotatable bonds is 4. The van der Waals surface area contributed by atoms with Crippen molar-refractivity contribution in [3.8, 4) is 17.2 Å². The first-order valence-corrected chi connectivity index (χ1v) is 12.3. The first-order chi connectivity index (χ1) is 16.6. The fourth-order valence-corrected chi connectivity index (χ4v) is 7.07. The van der Waals surface area contributed by atoms with Crippen LogP contribution in [0.5, 0.6) is 0 Å². The van der Waals surface area contributed by atoms with E-state index in [1.54, 1.807) is 4.90 Å². The third-order valence-corrected chi connectivity index (χ3v) is 8.65. The number of amides is 2. The summed E-state index contributed by atoms with van der Waals surface area (Å²) in [6, 6.07) is 18.0. The number of benzene rings is 2. The van der Waals surface area contributed by atoms with Crippen molar-refractivity contribution in [1.82, 2.24) is 14.7 Å². The molecule has 34 heavy (non-hydrogen) atoms. The van der Waals surface area contributed by atoms with Gasteiger partial charge in [0.05, 0.1) is 24.2 Å². The summed E-state index contributed by atoms with van der Waals surface area (Å²) in [5, 5.41) is 9.44. The molecule has 7 nitrogen and oxygen atoms in total. The Morgan fingerprint density at radius 2 is 1.74 bits per heavy atom. The molecule has 4 fully saturated rings. The van der Waals surface area contributed by atoms with Gasteiger partial charge in [0, 0.05) is 25.2 Å². The van der Waals surface area contributed by atoms with E-state index in [2.05, 4.69) is 52.3 Å². The Hall–Kier alpha value is -3.21. The van der Waals surface area contributed by atoms with Crippen molar-refractivity contribution in [3.05, 3.63) is 59.7 Å². The van der Waals surface area contributed by atoms with Crippen LogP contribution in [0.1, 0.15) is 36.4 Å². The van der Waals surface area contributed by atoms with Crippen LogP contribution in [0.25, 0.3) is 11.1 Å². The molecule has 1 unspecified atom stereocenters. The van der Waals surface area contributed by atoms with Crippen LogP contribution in [0.4, 0.5) is 0 Å². The van der Waals surface area contributed by atoms with Gasteiger partial charge in [0.1, 0.15) is 6.04 Å². The summed E-state index contributed by atoms with van der Waals surface area (Å²) in [4.78, 5) is 32.7. The average molecular weight is 454 g/mol. The van der Waals surface area contributed by atoms with Gasteiger partial charge in [0.15, 0.2) is 0 Å². The molecule has 3 saturated heterocycles. The first kappa shape index (κ1) is 20.2. The predicted molar refractivity (Wildman–Crippen MR) is 125 cm³/mol. The van der Waals surface area contributed by atoms with Gasteiger partial charge in [0.2, 0.25) is 11.8 Å². The highest BCUT2D eigenvalue weighted by Crippen LogP contribution is 2.50. The Kier molecular flexibility index (Phi) is 4.24. The molecule has 2 bridgehead atoms. The second kappa shape index (κ2) is 7.14. The fourth-order valence-electron chi connectivity index (χ4n) is 7.07. The summed E-state index contributed by atoms with van der Waals surface area (Å²) in [5.41, 5.74) is 11.2. The standard InChI is InChI=1S/C27H27N5O2/c28-12-16-9-15-10-23(15)31(16)26(33)22(29)14-30-13-17-11-24(30)27(34)32(17)25-20-7-3-1-5-18(20)19-6-2-4-8-21(19)25/h1-8,15-17,22-25H,9-11,13-14,29H2/t15-,16+,17+,22+,23?,24+/m1/s1. The Morgan fingerprint density at radius 1 is 1.06 bits per heavy atom. The predicted octanol–water partition coefficient (Wildman–Crippen LogP) is 1.88. The number of nitrogens with zero attached hydrogens (tertiary/aromatic N) is 4. The number of piperazine rings is 1. The van der Waals surface area contributed by atoms with Gasteiger partial charge in [-0.3, -0.25) is 14.5 Å². The molecule has 2 aliphatic carbocycles. The summed E-state index contributed by atoms with van der Waals surface area (Å²) < 4.78 is 0. The van der Waals surface area contributed by atoms with Crippen LogP contribution in [0.2, 0.25) is 0 Å². The Balaban J connectivity index is 1.10. The van der Waals surface area contributed by atoms with Crippen LogP contribution in [-0.4, -0.2) is 69.8 Å². The molecule has 2 amide bonds. The van der Waals surface area contributed by atoms with Crippen molar-refractivity contribution in [2.24, 2.45) is 11.7 Å². The number of nitriles is 1. The lowest BCUT2D eigenvalue weighted by Crippen LogP contribution is -2.57. The lowest BCUT2D eigenvalue weighted by molar-refractivity contribution is -0.140. The highest BCUT2D eigenvalue weighted by atomic mass is 16.2. The lowest BCUT2D eigenvalue weighted by atomic mass is 10.0. The lowest BCUT2D eigenvalue weighted by Gasteiger charge is -2.39. The molecule has 2 aromatic rings. The number of likely N-dealkylation sites (tertiary alicyclic amines) is 3. The van der Waals surface area contributed by atoms with Crippen molar-refractivity contribution >= 4 is 11.8 Å². The number of carbonyl (C=O) groups is 2. The van der Waals surface area contributed by atoms with E-state index in [0.717, 1.165) is 25.8 Å². The third kappa shape index (κ3) is 2.70. The van der Waals surface area contributed by atoms with Crippen LogP contribution in [0.15, 0.2) is 48.5 Å². The highest BCUT2D eigenvalue weighted by molar-refractivity contribution is 5.89. The van der Waals surface area contributed by atoms with Crippen LogP contribution < -0.4 is 5.73 Å². The van der Waals surface area contributed by atoms with Crippen molar-refractivity contribution in [1.29, 1.82) is 5.26 Å². The maximum atomic E-state index is 13.7. The highest BCUT2D eigenvalue weighted by Gasteiger charge is 2.56. The van der Waals surface area contributed by atoms with E-state index in [0.29, 0.717) is 12.5 Å². The zero-order valence-electron chi connectivity index (χ0n) is 18.9. The molecule has 3 aliphatic heterocycles. The second-order valence-electron chi connectivity index (χ2n) is 10.5. The van der Waals surface area contributed by atoms with E-state index in [4.69, 9.17) is 5.73 Å². The zero-order valence-corrected chi connectivity index (χ0v) is 18.9. The molecule has 3 heterocycles. The van der Waals surface area contributed by atoms with Gasteiger partial charge in [-0.2, -0.15) is 5.26 Å². The molecule has 2 N–H and O–H groups in total. The molecule has 7 heteroatoms. The SMILES string of the molecule is N#C[C@@H]1C[C@@H]2CC2N1C(=O)[C@@H](N)CN1C[C@@H]2C[C@H]1C(=O)N2C1c2ccccc2-c2ccccc21. The molecule has 0 aromatic heterocycles. The summed E-state index contributed by atoms with van der Waals surface area (Å²) in [6.45, 7) is 1.09. The topological polar surface area (TPSA) is 93.7 Å². The van der Waals surface area contributed by atoms with Crippen LogP contribution >= 0.6 is 0 Å². The van der Waals surface area contributed by atoms with Gasteiger partial charge in [0.25, 0.3) is 0 Å². The van der Waals surface area contributed by atoms with E-state index in [1.165, 1.54) is 22.3 Å². The van der Waals surface area contributed by atoms with Gasteiger partial charge in [-0.05, 0) is 47.4 Å². The average Bonchev–Trinajstić information content (AvgIpc) is 3.15. The van der Waals surface area contributed by atoms with Gasteiger partial charge in [-0.25, -0.2) is 0 Å². The third-order valence-electron chi connectivity index (χ3n) is 8.65. The van der Waals surface area contributed by atoms with Crippen molar-refractivity contribution in [2.45, 2.75) is 55.5 Å². The summed E-state index contributed by atoms with van der Waals surface area (Å²) in [7, 11) is 0. The van der Waals surface area contributed by atoms with E-state index in [1.807, 2.05) is 12.1 Å². The van der Waals surface area contributed by atoms with E-state index >= 15 is 0 Å². The summed E-state index contributed by atoms with van der Waals surface area (Å²) >= 11 is 0. The number of fused-ring (bicyclic) bond motifs is 6. The van der Waals surface area contributed by atoms with E-state index in [-0.39, 0.29) is 42.0 Å². The number of piperidine rings is 1. The quantitative estimate of drug-likeness (QED) is 0.763. The number of hydrogen-bond donors (Lipinski definition) is 1.